The quantitative estimate of drug-likeness (QED) is 0.720. The summed E-state index contributed by atoms with van der Waals surface area (Å²) in [4.78, 5) is 15.7. The lowest BCUT2D eigenvalue weighted by Gasteiger charge is -2.25. The first kappa shape index (κ1) is 14.6. The van der Waals surface area contributed by atoms with Gasteiger partial charge in [0, 0.05) is 30.8 Å². The van der Waals surface area contributed by atoms with E-state index in [1.54, 1.807) is 12.4 Å². The molecule has 0 saturated carbocycles. The number of pyridine rings is 1. The molecule has 0 saturated heterocycles. The minimum Gasteiger partial charge on any atom is -0.355 e. The first-order valence-electron chi connectivity index (χ1n) is 6.38. The van der Waals surface area contributed by atoms with E-state index in [1.165, 1.54) is 5.56 Å². The Hall–Kier alpha value is -1.42. The molecule has 0 aliphatic rings. The summed E-state index contributed by atoms with van der Waals surface area (Å²) in [5.74, 6) is 0.118. The van der Waals surface area contributed by atoms with Gasteiger partial charge in [0.15, 0.2) is 0 Å². The van der Waals surface area contributed by atoms with Gasteiger partial charge in [0.1, 0.15) is 0 Å². The lowest BCUT2D eigenvalue weighted by atomic mass is 9.85. The van der Waals surface area contributed by atoms with Gasteiger partial charge in [0.05, 0.1) is 0 Å². The highest BCUT2D eigenvalue weighted by Crippen LogP contribution is 2.21. The SMILES string of the molecule is CNCCCC(=O)NCC(C)(C)c1ccncc1. The van der Waals surface area contributed by atoms with Crippen LogP contribution in [0.3, 0.4) is 0 Å². The largest absolute Gasteiger partial charge is 0.355 e. The first-order valence-corrected chi connectivity index (χ1v) is 6.38. The molecule has 1 heterocycles. The Morgan fingerprint density at radius 3 is 2.61 bits per heavy atom. The van der Waals surface area contributed by atoms with Crippen LogP contribution in [-0.4, -0.2) is 31.0 Å². The Morgan fingerprint density at radius 2 is 2.00 bits per heavy atom. The summed E-state index contributed by atoms with van der Waals surface area (Å²) in [6.07, 6.45) is 5.02. The van der Waals surface area contributed by atoms with Crippen molar-refractivity contribution >= 4 is 5.91 Å². The van der Waals surface area contributed by atoms with Crippen molar-refractivity contribution < 1.29 is 4.79 Å². The summed E-state index contributed by atoms with van der Waals surface area (Å²) in [7, 11) is 1.89. The second-order valence-corrected chi connectivity index (χ2v) is 5.10. The van der Waals surface area contributed by atoms with Crippen LogP contribution >= 0.6 is 0 Å². The van der Waals surface area contributed by atoms with Gasteiger partial charge < -0.3 is 10.6 Å². The van der Waals surface area contributed by atoms with Crippen molar-refractivity contribution in [1.29, 1.82) is 0 Å². The van der Waals surface area contributed by atoms with E-state index in [2.05, 4.69) is 29.5 Å². The summed E-state index contributed by atoms with van der Waals surface area (Å²) < 4.78 is 0. The van der Waals surface area contributed by atoms with Crippen LogP contribution in [0.4, 0.5) is 0 Å². The maximum Gasteiger partial charge on any atom is 0.220 e. The fourth-order valence-corrected chi connectivity index (χ4v) is 1.74. The maximum atomic E-state index is 11.6. The van der Waals surface area contributed by atoms with Crippen LogP contribution in [0.1, 0.15) is 32.3 Å². The number of carbonyl (C=O) groups excluding carboxylic acids is 1. The highest BCUT2D eigenvalue weighted by atomic mass is 16.1. The Morgan fingerprint density at radius 1 is 1.33 bits per heavy atom. The van der Waals surface area contributed by atoms with Gasteiger partial charge in [-0.3, -0.25) is 9.78 Å². The molecule has 0 atom stereocenters. The monoisotopic (exact) mass is 249 g/mol. The van der Waals surface area contributed by atoms with Gasteiger partial charge in [-0.25, -0.2) is 0 Å². The molecule has 4 nitrogen and oxygen atoms in total. The van der Waals surface area contributed by atoms with E-state index < -0.39 is 0 Å². The number of nitrogens with zero attached hydrogens (tertiary/aromatic N) is 1. The third kappa shape index (κ3) is 4.84. The third-order valence-corrected chi connectivity index (χ3v) is 3.02. The molecule has 2 N–H and O–H groups in total. The number of rotatable bonds is 7. The van der Waals surface area contributed by atoms with E-state index in [9.17, 15) is 4.79 Å². The lowest BCUT2D eigenvalue weighted by molar-refractivity contribution is -0.121. The number of amides is 1. The first-order chi connectivity index (χ1) is 8.56. The standard InChI is InChI=1S/C14H23N3O/c1-14(2,12-6-9-16-10-7-12)11-17-13(18)5-4-8-15-3/h6-7,9-10,15H,4-5,8,11H2,1-3H3,(H,17,18). The van der Waals surface area contributed by atoms with Crippen molar-refractivity contribution in [1.82, 2.24) is 15.6 Å². The zero-order valence-corrected chi connectivity index (χ0v) is 11.5. The molecule has 1 aromatic rings. The third-order valence-electron chi connectivity index (χ3n) is 3.02. The van der Waals surface area contributed by atoms with Crippen LogP contribution in [0.2, 0.25) is 0 Å². The van der Waals surface area contributed by atoms with Gasteiger partial charge in [-0.1, -0.05) is 13.8 Å². The van der Waals surface area contributed by atoms with Gasteiger partial charge in [0.25, 0.3) is 0 Å². The highest BCUT2D eigenvalue weighted by Gasteiger charge is 2.20. The predicted molar refractivity (Wildman–Crippen MR) is 73.4 cm³/mol. The Kier molecular flexibility index (Phi) is 5.78. The lowest BCUT2D eigenvalue weighted by Crippen LogP contribution is -2.36. The molecule has 0 fully saturated rings. The molecule has 0 unspecified atom stereocenters. The molecule has 0 aromatic carbocycles. The molecular formula is C14H23N3O. The van der Waals surface area contributed by atoms with Crippen LogP contribution in [0.5, 0.6) is 0 Å². The Bertz CT molecular complexity index is 363. The number of hydrogen-bond acceptors (Lipinski definition) is 3. The van der Waals surface area contributed by atoms with E-state index in [1.807, 2.05) is 19.2 Å². The van der Waals surface area contributed by atoms with Crippen LogP contribution in [0.25, 0.3) is 0 Å². The minimum atomic E-state index is -0.0679. The molecule has 0 aliphatic heterocycles. The summed E-state index contributed by atoms with van der Waals surface area (Å²) in [5.41, 5.74) is 1.12. The molecule has 1 amide bonds. The highest BCUT2D eigenvalue weighted by molar-refractivity contribution is 5.75. The van der Waals surface area contributed by atoms with Crippen molar-refractivity contribution in [2.45, 2.75) is 32.1 Å². The molecule has 0 spiro atoms. The number of carbonyl (C=O) groups is 1. The molecule has 0 bridgehead atoms. The van der Waals surface area contributed by atoms with Crippen LogP contribution in [-0.2, 0) is 10.2 Å². The summed E-state index contributed by atoms with van der Waals surface area (Å²) in [5, 5.41) is 6.03. The predicted octanol–water partition coefficient (Wildman–Crippen LogP) is 1.47. The normalized spacial score (nSPS) is 11.3. The van der Waals surface area contributed by atoms with Gasteiger partial charge >= 0.3 is 0 Å². The van der Waals surface area contributed by atoms with Gasteiger partial charge in [-0.15, -0.1) is 0 Å². The fourth-order valence-electron chi connectivity index (χ4n) is 1.74. The van der Waals surface area contributed by atoms with Crippen molar-refractivity contribution in [3.8, 4) is 0 Å². The Labute approximate surface area is 109 Å². The molecule has 18 heavy (non-hydrogen) atoms. The Balaban J connectivity index is 2.40. The minimum absolute atomic E-state index is 0.0679. The van der Waals surface area contributed by atoms with Crippen LogP contribution in [0.15, 0.2) is 24.5 Å². The molecular weight excluding hydrogens is 226 g/mol. The van der Waals surface area contributed by atoms with E-state index in [0.29, 0.717) is 13.0 Å². The van der Waals surface area contributed by atoms with Crippen molar-refractivity contribution in [3.05, 3.63) is 30.1 Å². The summed E-state index contributed by atoms with van der Waals surface area (Å²) in [6, 6.07) is 3.99. The molecule has 1 rings (SSSR count). The van der Waals surface area contributed by atoms with Gasteiger partial charge in [-0.05, 0) is 37.7 Å². The topological polar surface area (TPSA) is 54.0 Å². The zero-order chi connectivity index (χ0) is 13.4. The number of nitrogens with one attached hydrogen (secondary N) is 2. The van der Waals surface area contributed by atoms with Gasteiger partial charge in [-0.2, -0.15) is 0 Å². The van der Waals surface area contributed by atoms with E-state index in [4.69, 9.17) is 0 Å². The summed E-state index contributed by atoms with van der Waals surface area (Å²) >= 11 is 0. The fraction of sp³-hybridized carbons (Fsp3) is 0.571. The second-order valence-electron chi connectivity index (χ2n) is 5.10. The van der Waals surface area contributed by atoms with Crippen LogP contribution < -0.4 is 10.6 Å². The van der Waals surface area contributed by atoms with E-state index in [0.717, 1.165) is 13.0 Å². The summed E-state index contributed by atoms with van der Waals surface area (Å²) in [6.45, 7) is 5.77. The maximum absolute atomic E-state index is 11.6. The smallest absolute Gasteiger partial charge is 0.220 e. The molecule has 4 heteroatoms. The average Bonchev–Trinajstić information content (AvgIpc) is 2.38. The van der Waals surface area contributed by atoms with Crippen molar-refractivity contribution in [3.63, 3.8) is 0 Å². The average molecular weight is 249 g/mol. The van der Waals surface area contributed by atoms with Crippen LogP contribution in [0, 0.1) is 0 Å². The molecule has 1 aromatic heterocycles. The van der Waals surface area contributed by atoms with Gasteiger partial charge in [0.2, 0.25) is 5.91 Å². The molecule has 0 radical (unpaired) electrons. The van der Waals surface area contributed by atoms with E-state index >= 15 is 0 Å². The second kappa shape index (κ2) is 7.11. The van der Waals surface area contributed by atoms with Crippen molar-refractivity contribution in [2.75, 3.05) is 20.1 Å². The molecule has 0 aliphatic carbocycles. The zero-order valence-electron chi connectivity index (χ0n) is 11.5. The van der Waals surface area contributed by atoms with Crippen molar-refractivity contribution in [2.24, 2.45) is 0 Å². The van der Waals surface area contributed by atoms with E-state index in [-0.39, 0.29) is 11.3 Å². The number of hydrogen-bond donors (Lipinski definition) is 2. The number of aromatic nitrogens is 1. The molecule has 100 valence electrons.